The van der Waals surface area contributed by atoms with Crippen LogP contribution in [0.3, 0.4) is 0 Å². The van der Waals surface area contributed by atoms with E-state index >= 15 is 0 Å². The van der Waals surface area contributed by atoms with Crippen molar-refractivity contribution < 1.29 is 23.7 Å². The number of amides is 1. The third-order valence-corrected chi connectivity index (χ3v) is 6.13. The lowest BCUT2D eigenvalue weighted by atomic mass is 9.89. The predicted octanol–water partition coefficient (Wildman–Crippen LogP) is 4.94. The molecule has 3 aromatic carbocycles. The number of hydrogen-bond acceptors (Lipinski definition) is 5. The molecule has 0 radical (unpaired) electrons. The minimum atomic E-state index is -0.649. The number of hydrogen-bond donors (Lipinski definition) is 0. The van der Waals surface area contributed by atoms with E-state index in [4.69, 9.17) is 30.5 Å². The monoisotopic (exact) mass is 467 g/mol. The number of carbonyl (C=O) groups is 1. The van der Waals surface area contributed by atoms with Gasteiger partial charge in [0.15, 0.2) is 11.5 Å². The maximum atomic E-state index is 13.1. The number of β-lactam (4-membered cyclic amide) rings is 1. The number of carbonyl (C=O) groups excluding carboxylic acids is 1. The minimum absolute atomic E-state index is 0.0729. The second-order valence-corrected chi connectivity index (χ2v) is 8.06. The fraction of sp³-hybridized carbons (Fsp3) is 0.269. The van der Waals surface area contributed by atoms with E-state index < -0.39 is 6.10 Å². The van der Waals surface area contributed by atoms with Crippen molar-refractivity contribution >= 4 is 17.5 Å². The average Bonchev–Trinajstić information content (AvgIpc) is 2.86. The van der Waals surface area contributed by atoms with Crippen LogP contribution in [0.5, 0.6) is 23.0 Å². The minimum Gasteiger partial charge on any atom is -0.497 e. The van der Waals surface area contributed by atoms with E-state index in [0.29, 0.717) is 35.2 Å². The van der Waals surface area contributed by atoms with Crippen molar-refractivity contribution in [2.75, 3.05) is 27.9 Å². The molecule has 33 heavy (non-hydrogen) atoms. The van der Waals surface area contributed by atoms with Crippen molar-refractivity contribution in [2.45, 2.75) is 18.6 Å². The summed E-state index contributed by atoms with van der Waals surface area (Å²) in [6.07, 6.45) is 0.00571. The standard InChI is InChI=1S/C26H26ClNO5/c1-30-18-9-11-19(12-10-18)33-25-24(20-6-4-5-7-21(20)27)28(26(25)29)15-14-17-8-13-22(31-2)23(16-17)32-3/h4-13,16,24-25H,14-15H2,1-3H3/t24-,25+/m1/s1. The fourth-order valence-corrected chi connectivity index (χ4v) is 4.26. The first-order valence-corrected chi connectivity index (χ1v) is 11.0. The summed E-state index contributed by atoms with van der Waals surface area (Å²) in [4.78, 5) is 14.9. The van der Waals surface area contributed by atoms with Crippen LogP contribution in [-0.4, -0.2) is 44.8 Å². The summed E-state index contributed by atoms with van der Waals surface area (Å²) in [5, 5.41) is 0.606. The quantitative estimate of drug-likeness (QED) is 0.417. The van der Waals surface area contributed by atoms with Gasteiger partial charge in [-0.05, 0) is 60.0 Å². The molecule has 7 heteroatoms. The van der Waals surface area contributed by atoms with E-state index in [2.05, 4.69) is 0 Å². The highest BCUT2D eigenvalue weighted by atomic mass is 35.5. The molecule has 2 atom stereocenters. The zero-order valence-electron chi connectivity index (χ0n) is 18.8. The molecule has 0 N–H and O–H groups in total. The van der Waals surface area contributed by atoms with Crippen molar-refractivity contribution in [3.8, 4) is 23.0 Å². The Kier molecular flexibility index (Phi) is 6.94. The van der Waals surface area contributed by atoms with E-state index in [1.54, 1.807) is 45.6 Å². The molecule has 0 bridgehead atoms. The Balaban J connectivity index is 1.54. The molecule has 6 nitrogen and oxygen atoms in total. The lowest BCUT2D eigenvalue weighted by Crippen LogP contribution is -2.61. The lowest BCUT2D eigenvalue weighted by molar-refractivity contribution is -0.164. The molecular weight excluding hydrogens is 442 g/mol. The summed E-state index contributed by atoms with van der Waals surface area (Å²) in [6, 6.07) is 20.2. The zero-order chi connectivity index (χ0) is 23.4. The Labute approximate surface area is 198 Å². The van der Waals surface area contributed by atoms with Crippen LogP contribution in [0, 0.1) is 0 Å². The first kappa shape index (κ1) is 22.8. The zero-order valence-corrected chi connectivity index (χ0v) is 19.5. The lowest BCUT2D eigenvalue weighted by Gasteiger charge is -2.47. The maximum absolute atomic E-state index is 13.1. The average molecular weight is 468 g/mol. The molecule has 0 aromatic heterocycles. The van der Waals surface area contributed by atoms with E-state index in [9.17, 15) is 4.79 Å². The highest BCUT2D eigenvalue weighted by Gasteiger charge is 2.50. The van der Waals surface area contributed by atoms with Crippen LogP contribution < -0.4 is 18.9 Å². The second kappa shape index (κ2) is 10.0. The molecule has 4 rings (SSSR count). The van der Waals surface area contributed by atoms with Crippen LogP contribution in [-0.2, 0) is 11.2 Å². The number of methoxy groups -OCH3 is 3. The maximum Gasteiger partial charge on any atom is 0.266 e. The molecule has 3 aromatic rings. The van der Waals surface area contributed by atoms with Gasteiger partial charge in [-0.2, -0.15) is 0 Å². The van der Waals surface area contributed by atoms with Gasteiger partial charge in [-0.15, -0.1) is 0 Å². The predicted molar refractivity (Wildman–Crippen MR) is 127 cm³/mol. The van der Waals surface area contributed by atoms with Crippen LogP contribution in [0.4, 0.5) is 0 Å². The Morgan fingerprint density at radius 2 is 1.55 bits per heavy atom. The molecular formula is C26H26ClNO5. The third-order valence-electron chi connectivity index (χ3n) is 5.78. The molecule has 1 amide bonds. The van der Waals surface area contributed by atoms with Gasteiger partial charge in [0.1, 0.15) is 17.5 Å². The molecule has 172 valence electrons. The second-order valence-electron chi connectivity index (χ2n) is 7.65. The van der Waals surface area contributed by atoms with E-state index in [1.807, 2.05) is 47.4 Å². The number of ether oxygens (including phenoxy) is 4. The Morgan fingerprint density at radius 3 is 2.21 bits per heavy atom. The Bertz CT molecular complexity index is 1120. The number of rotatable bonds is 9. The molecule has 1 aliphatic heterocycles. The van der Waals surface area contributed by atoms with Crippen LogP contribution >= 0.6 is 11.6 Å². The van der Waals surface area contributed by atoms with Gasteiger partial charge in [0.05, 0.1) is 21.3 Å². The number of likely N-dealkylation sites (tertiary alicyclic amines) is 1. The van der Waals surface area contributed by atoms with Gasteiger partial charge < -0.3 is 23.8 Å². The third kappa shape index (κ3) is 4.71. The SMILES string of the molecule is COc1ccc(O[C@@H]2C(=O)N(CCc3ccc(OC)c(OC)c3)[C@@H]2c2ccccc2Cl)cc1. The topological polar surface area (TPSA) is 57.2 Å². The van der Waals surface area contributed by atoms with Crippen molar-refractivity contribution in [3.63, 3.8) is 0 Å². The summed E-state index contributed by atoms with van der Waals surface area (Å²) in [6.45, 7) is 0.521. The molecule has 1 aliphatic rings. The van der Waals surface area contributed by atoms with E-state index in [0.717, 1.165) is 16.9 Å². The van der Waals surface area contributed by atoms with Gasteiger partial charge in [-0.25, -0.2) is 0 Å². The largest absolute Gasteiger partial charge is 0.497 e. The van der Waals surface area contributed by atoms with Crippen LogP contribution in [0.1, 0.15) is 17.2 Å². The van der Waals surface area contributed by atoms with E-state index in [-0.39, 0.29) is 11.9 Å². The first-order valence-electron chi connectivity index (χ1n) is 10.6. The van der Waals surface area contributed by atoms with Crippen LogP contribution in [0.25, 0.3) is 0 Å². The molecule has 1 fully saturated rings. The van der Waals surface area contributed by atoms with Crippen LogP contribution in [0.15, 0.2) is 66.7 Å². The molecule has 0 aliphatic carbocycles. The van der Waals surface area contributed by atoms with Gasteiger partial charge in [0, 0.05) is 11.6 Å². The molecule has 1 heterocycles. The summed E-state index contributed by atoms with van der Waals surface area (Å²) < 4.78 is 22.0. The summed E-state index contributed by atoms with van der Waals surface area (Å²) in [5.74, 6) is 2.58. The Hall–Kier alpha value is -3.38. The van der Waals surface area contributed by atoms with E-state index in [1.165, 1.54) is 0 Å². The van der Waals surface area contributed by atoms with Crippen molar-refractivity contribution in [2.24, 2.45) is 0 Å². The van der Waals surface area contributed by atoms with Gasteiger partial charge in [0.25, 0.3) is 5.91 Å². The highest BCUT2D eigenvalue weighted by Crippen LogP contribution is 2.41. The van der Waals surface area contributed by atoms with Gasteiger partial charge in [0.2, 0.25) is 6.10 Å². The molecule has 0 unspecified atom stereocenters. The van der Waals surface area contributed by atoms with Crippen molar-refractivity contribution in [1.29, 1.82) is 0 Å². The van der Waals surface area contributed by atoms with Crippen molar-refractivity contribution in [3.05, 3.63) is 82.9 Å². The Morgan fingerprint density at radius 1 is 0.848 bits per heavy atom. The smallest absolute Gasteiger partial charge is 0.266 e. The van der Waals surface area contributed by atoms with Crippen LogP contribution in [0.2, 0.25) is 5.02 Å². The summed E-state index contributed by atoms with van der Waals surface area (Å²) in [5.41, 5.74) is 1.91. The molecule has 1 saturated heterocycles. The number of benzene rings is 3. The fourth-order valence-electron chi connectivity index (χ4n) is 4.01. The normalized spacial score (nSPS) is 17.3. The van der Waals surface area contributed by atoms with Gasteiger partial charge >= 0.3 is 0 Å². The first-order chi connectivity index (χ1) is 16.0. The number of halogens is 1. The summed E-state index contributed by atoms with van der Waals surface area (Å²) >= 11 is 6.50. The highest BCUT2D eigenvalue weighted by molar-refractivity contribution is 6.31. The van der Waals surface area contributed by atoms with Gasteiger partial charge in [-0.3, -0.25) is 4.79 Å². The van der Waals surface area contributed by atoms with Gasteiger partial charge in [-0.1, -0.05) is 35.9 Å². The molecule has 0 spiro atoms. The summed E-state index contributed by atoms with van der Waals surface area (Å²) in [7, 11) is 4.82. The van der Waals surface area contributed by atoms with Crippen molar-refractivity contribution in [1.82, 2.24) is 4.90 Å². The molecule has 0 saturated carbocycles. The number of nitrogens with zero attached hydrogens (tertiary/aromatic N) is 1.